The number of aromatic nitrogens is 3. The molecule has 0 spiro atoms. The van der Waals surface area contributed by atoms with Gasteiger partial charge in [-0.1, -0.05) is 0 Å². The highest BCUT2D eigenvalue weighted by Crippen LogP contribution is 2.13. The lowest BCUT2D eigenvalue weighted by Gasteiger charge is -2.25. The first kappa shape index (κ1) is 19.2. The van der Waals surface area contributed by atoms with Crippen LogP contribution in [0.4, 0.5) is 0 Å². The minimum Gasteiger partial charge on any atom is -0.469 e. The third kappa shape index (κ3) is 6.00. The Labute approximate surface area is 148 Å². The number of esters is 1. The van der Waals surface area contributed by atoms with Crippen LogP contribution in [0, 0.1) is 0 Å². The fraction of sp³-hybridized carbons (Fsp3) is 0.750. The average Bonchev–Trinajstić information content (AvgIpc) is 3.02. The molecule has 0 bridgehead atoms. The van der Waals surface area contributed by atoms with Crippen molar-refractivity contribution in [3.8, 4) is 0 Å². The summed E-state index contributed by atoms with van der Waals surface area (Å²) in [4.78, 5) is 19.8. The number of aliphatic imine (C=N–C) groups is 1. The van der Waals surface area contributed by atoms with Gasteiger partial charge in [-0.05, 0) is 19.3 Å². The molecule has 0 saturated carbocycles. The van der Waals surface area contributed by atoms with Gasteiger partial charge in [0.2, 0.25) is 0 Å². The Kier molecular flexibility index (Phi) is 7.65. The maximum Gasteiger partial charge on any atom is 0.305 e. The van der Waals surface area contributed by atoms with Crippen LogP contribution in [0.15, 0.2) is 4.99 Å². The van der Waals surface area contributed by atoms with Crippen LogP contribution in [0.1, 0.15) is 37.3 Å². The van der Waals surface area contributed by atoms with Crippen molar-refractivity contribution >= 4 is 11.9 Å². The molecule has 0 amide bonds. The summed E-state index contributed by atoms with van der Waals surface area (Å²) in [6.45, 7) is 1.96. The van der Waals surface area contributed by atoms with Crippen LogP contribution in [0.2, 0.25) is 0 Å². The summed E-state index contributed by atoms with van der Waals surface area (Å²) < 4.78 is 11.7. The number of ether oxygens (including phenoxy) is 2. The first-order valence-electron chi connectivity index (χ1n) is 8.61. The number of rotatable bonds is 8. The summed E-state index contributed by atoms with van der Waals surface area (Å²) >= 11 is 0. The molecule has 1 aromatic heterocycles. The maximum absolute atomic E-state index is 11.1. The molecular weight excluding hydrogens is 324 g/mol. The van der Waals surface area contributed by atoms with Gasteiger partial charge in [-0.15, -0.1) is 0 Å². The van der Waals surface area contributed by atoms with Crippen molar-refractivity contribution in [1.82, 2.24) is 25.4 Å². The number of hydrogen-bond donors (Lipinski definition) is 2. The molecule has 9 nitrogen and oxygen atoms in total. The van der Waals surface area contributed by atoms with E-state index < -0.39 is 0 Å². The summed E-state index contributed by atoms with van der Waals surface area (Å²) in [5.41, 5.74) is 0. The van der Waals surface area contributed by atoms with Crippen molar-refractivity contribution in [2.45, 2.75) is 51.3 Å². The number of methoxy groups -OCH3 is 2. The van der Waals surface area contributed by atoms with Crippen LogP contribution in [0.5, 0.6) is 0 Å². The molecular formula is C16H28N6O3. The van der Waals surface area contributed by atoms with Crippen molar-refractivity contribution in [2.75, 3.05) is 27.8 Å². The molecule has 2 rings (SSSR count). The summed E-state index contributed by atoms with van der Waals surface area (Å²) in [7, 11) is 4.81. The minimum atomic E-state index is -0.166. The molecule has 1 aliphatic rings. The SMILES string of the molecule is CN=C(NCCCCC(=O)OC)NC1CCc2nc(COC)nn2C1. The number of nitrogens with one attached hydrogen (secondary N) is 2. The van der Waals surface area contributed by atoms with Crippen LogP contribution in [0.25, 0.3) is 0 Å². The van der Waals surface area contributed by atoms with Crippen molar-refractivity contribution in [3.05, 3.63) is 11.6 Å². The van der Waals surface area contributed by atoms with E-state index in [1.54, 1.807) is 14.2 Å². The molecule has 0 saturated heterocycles. The molecule has 2 heterocycles. The Bertz CT molecular complexity index is 586. The van der Waals surface area contributed by atoms with Crippen molar-refractivity contribution < 1.29 is 14.3 Å². The minimum absolute atomic E-state index is 0.166. The number of aryl methyl sites for hydroxylation is 1. The second-order valence-corrected chi connectivity index (χ2v) is 5.97. The number of nitrogens with zero attached hydrogens (tertiary/aromatic N) is 4. The van der Waals surface area contributed by atoms with Gasteiger partial charge in [-0.25, -0.2) is 9.67 Å². The topological polar surface area (TPSA) is 103 Å². The molecule has 1 atom stereocenters. The van der Waals surface area contributed by atoms with Gasteiger partial charge in [0.05, 0.1) is 13.7 Å². The third-order valence-corrected chi connectivity index (χ3v) is 4.07. The van der Waals surface area contributed by atoms with E-state index in [0.717, 1.165) is 56.4 Å². The Hall–Kier alpha value is -2.16. The van der Waals surface area contributed by atoms with Crippen molar-refractivity contribution in [2.24, 2.45) is 4.99 Å². The monoisotopic (exact) mass is 352 g/mol. The molecule has 9 heteroatoms. The van der Waals surface area contributed by atoms with E-state index in [0.29, 0.717) is 13.0 Å². The molecule has 1 aromatic rings. The van der Waals surface area contributed by atoms with Crippen LogP contribution in [-0.4, -0.2) is 60.5 Å². The standard InChI is InChI=1S/C16H28N6O3/c1-17-16(18-9-5-4-6-15(23)25-3)19-12-7-8-14-20-13(11-24-2)21-22(14)10-12/h12H,4-11H2,1-3H3,(H2,17,18,19). The zero-order valence-corrected chi connectivity index (χ0v) is 15.2. The normalized spacial score (nSPS) is 17.1. The fourth-order valence-corrected chi connectivity index (χ4v) is 2.76. The van der Waals surface area contributed by atoms with Gasteiger partial charge < -0.3 is 20.1 Å². The largest absolute Gasteiger partial charge is 0.469 e. The summed E-state index contributed by atoms with van der Waals surface area (Å²) in [6.07, 6.45) is 3.99. The quantitative estimate of drug-likeness (QED) is 0.299. The van der Waals surface area contributed by atoms with Crippen LogP contribution in [0.3, 0.4) is 0 Å². The zero-order valence-electron chi connectivity index (χ0n) is 15.2. The highest BCUT2D eigenvalue weighted by molar-refractivity contribution is 5.79. The predicted octanol–water partition coefficient (Wildman–Crippen LogP) is 0.248. The lowest BCUT2D eigenvalue weighted by atomic mass is 10.1. The van der Waals surface area contributed by atoms with Gasteiger partial charge in [0, 0.05) is 39.6 Å². The molecule has 0 aromatic carbocycles. The second kappa shape index (κ2) is 9.97. The van der Waals surface area contributed by atoms with Crippen LogP contribution >= 0.6 is 0 Å². The van der Waals surface area contributed by atoms with Crippen LogP contribution < -0.4 is 10.6 Å². The Morgan fingerprint density at radius 1 is 1.40 bits per heavy atom. The lowest BCUT2D eigenvalue weighted by Crippen LogP contribution is -2.47. The third-order valence-electron chi connectivity index (χ3n) is 4.07. The number of carbonyl (C=O) groups excluding carboxylic acids is 1. The number of fused-ring (bicyclic) bond motifs is 1. The summed E-state index contributed by atoms with van der Waals surface area (Å²) in [5, 5.41) is 11.2. The van der Waals surface area contributed by atoms with E-state index in [1.807, 2.05) is 4.68 Å². The smallest absolute Gasteiger partial charge is 0.305 e. The molecule has 0 radical (unpaired) electrons. The van der Waals surface area contributed by atoms with Gasteiger partial charge in [0.1, 0.15) is 12.4 Å². The molecule has 0 fully saturated rings. The average molecular weight is 352 g/mol. The van der Waals surface area contributed by atoms with Gasteiger partial charge >= 0.3 is 5.97 Å². The van der Waals surface area contributed by atoms with Crippen molar-refractivity contribution in [3.63, 3.8) is 0 Å². The number of carbonyl (C=O) groups is 1. The first-order valence-corrected chi connectivity index (χ1v) is 8.61. The number of unbranched alkanes of at least 4 members (excludes halogenated alkanes) is 1. The molecule has 25 heavy (non-hydrogen) atoms. The number of hydrogen-bond acceptors (Lipinski definition) is 6. The van der Waals surface area contributed by atoms with E-state index in [2.05, 4.69) is 30.4 Å². The van der Waals surface area contributed by atoms with E-state index in [4.69, 9.17) is 4.74 Å². The van der Waals surface area contributed by atoms with Crippen molar-refractivity contribution in [1.29, 1.82) is 0 Å². The summed E-state index contributed by atoms with van der Waals surface area (Å²) in [6, 6.07) is 0.255. The molecule has 2 N–H and O–H groups in total. The molecule has 140 valence electrons. The Balaban J connectivity index is 1.73. The second-order valence-electron chi connectivity index (χ2n) is 5.97. The van der Waals surface area contributed by atoms with Gasteiger partial charge in [0.15, 0.2) is 11.8 Å². The van der Waals surface area contributed by atoms with E-state index in [9.17, 15) is 4.79 Å². The highest BCUT2D eigenvalue weighted by Gasteiger charge is 2.22. The number of guanidine groups is 1. The van der Waals surface area contributed by atoms with Gasteiger partial charge in [-0.2, -0.15) is 5.10 Å². The van der Waals surface area contributed by atoms with E-state index in [1.165, 1.54) is 7.11 Å². The van der Waals surface area contributed by atoms with Crippen LogP contribution in [-0.2, 0) is 33.8 Å². The zero-order chi connectivity index (χ0) is 18.1. The van der Waals surface area contributed by atoms with E-state index in [-0.39, 0.29) is 12.0 Å². The Morgan fingerprint density at radius 2 is 2.24 bits per heavy atom. The van der Waals surface area contributed by atoms with Gasteiger partial charge in [0.25, 0.3) is 0 Å². The fourth-order valence-electron chi connectivity index (χ4n) is 2.76. The van der Waals surface area contributed by atoms with Gasteiger partial charge in [-0.3, -0.25) is 9.79 Å². The van der Waals surface area contributed by atoms with E-state index >= 15 is 0 Å². The summed E-state index contributed by atoms with van der Waals surface area (Å²) in [5.74, 6) is 2.34. The lowest BCUT2D eigenvalue weighted by molar-refractivity contribution is -0.140. The first-order chi connectivity index (χ1) is 12.2. The molecule has 1 aliphatic heterocycles. The highest BCUT2D eigenvalue weighted by atomic mass is 16.5. The predicted molar refractivity (Wildman–Crippen MR) is 93.2 cm³/mol. The Morgan fingerprint density at radius 3 is 2.96 bits per heavy atom. The molecule has 1 unspecified atom stereocenters. The molecule has 0 aliphatic carbocycles. The maximum atomic E-state index is 11.1.